The molecular weight excluding hydrogens is 442 g/mol. The van der Waals surface area contributed by atoms with E-state index < -0.39 is 5.60 Å². The quantitative estimate of drug-likeness (QED) is 0.587. The number of likely N-dealkylation sites (tertiary alicyclic amines) is 1. The molecule has 1 aromatic carbocycles. The fourth-order valence-electron chi connectivity index (χ4n) is 5.85. The third-order valence-electron chi connectivity index (χ3n) is 7.31. The van der Waals surface area contributed by atoms with Crippen molar-refractivity contribution in [3.8, 4) is 0 Å². The van der Waals surface area contributed by atoms with Gasteiger partial charge in [-0.2, -0.15) is 0 Å². The topological polar surface area (TPSA) is 62.3 Å². The minimum Gasteiger partial charge on any atom is -0.444 e. The molecule has 2 bridgehead atoms. The lowest BCUT2D eigenvalue weighted by atomic mass is 9.90. The molecule has 4 aliphatic rings. The molecule has 0 aromatic heterocycles. The van der Waals surface area contributed by atoms with E-state index in [-0.39, 0.29) is 30.2 Å². The van der Waals surface area contributed by atoms with Crippen LogP contribution < -0.4 is 0 Å². The van der Waals surface area contributed by atoms with Crippen molar-refractivity contribution < 1.29 is 19.1 Å². The maximum absolute atomic E-state index is 13.5. The van der Waals surface area contributed by atoms with Crippen LogP contribution in [0.15, 0.2) is 12.1 Å². The molecule has 3 atom stereocenters. The minimum absolute atomic E-state index is 0.0816. The van der Waals surface area contributed by atoms with Crippen LogP contribution in [0, 0.1) is 0 Å². The Morgan fingerprint density at radius 1 is 1.09 bits per heavy atom. The fourth-order valence-corrected chi connectivity index (χ4v) is 6.10. The minimum atomic E-state index is -0.543. The third-order valence-corrected chi connectivity index (χ3v) is 7.53. The molecule has 33 heavy (non-hydrogen) atoms. The number of nitrogens with zero attached hydrogens (tertiary/aromatic N) is 3. The van der Waals surface area contributed by atoms with Crippen molar-refractivity contribution in [2.75, 3.05) is 26.3 Å². The van der Waals surface area contributed by atoms with Crippen molar-refractivity contribution >= 4 is 23.7 Å². The van der Waals surface area contributed by atoms with Gasteiger partial charge in [0.25, 0.3) is 0 Å². The number of carbonyl (C=O) groups is 2. The number of halogens is 1. The highest BCUT2D eigenvalue weighted by atomic mass is 35.5. The van der Waals surface area contributed by atoms with Crippen LogP contribution in [0.5, 0.6) is 0 Å². The highest BCUT2D eigenvalue weighted by Crippen LogP contribution is 2.40. The number of morpholine rings is 1. The van der Waals surface area contributed by atoms with E-state index in [1.165, 1.54) is 5.56 Å². The summed E-state index contributed by atoms with van der Waals surface area (Å²) in [5, 5.41) is 0.686. The van der Waals surface area contributed by atoms with Crippen molar-refractivity contribution in [1.29, 1.82) is 0 Å². The first-order valence-electron chi connectivity index (χ1n) is 12.2. The Bertz CT molecular complexity index is 930. The smallest absolute Gasteiger partial charge is 0.410 e. The van der Waals surface area contributed by atoms with Gasteiger partial charge in [-0.05, 0) is 81.7 Å². The lowest BCUT2D eigenvalue weighted by Gasteiger charge is -2.40. The first kappa shape index (κ1) is 22.8. The summed E-state index contributed by atoms with van der Waals surface area (Å²) in [6, 6.07) is 4.43. The first-order valence-corrected chi connectivity index (χ1v) is 12.5. The predicted octanol–water partition coefficient (Wildman–Crippen LogP) is 4.75. The largest absolute Gasteiger partial charge is 0.444 e. The number of hydrogen-bond acceptors (Lipinski definition) is 4. The summed E-state index contributed by atoms with van der Waals surface area (Å²) in [5.74, 6) is 0. The molecule has 3 fully saturated rings. The monoisotopic (exact) mass is 475 g/mol. The Morgan fingerprint density at radius 2 is 1.82 bits per heavy atom. The maximum Gasteiger partial charge on any atom is 0.410 e. The Kier molecular flexibility index (Phi) is 5.98. The zero-order valence-corrected chi connectivity index (χ0v) is 20.6. The number of rotatable bonds is 1. The molecule has 4 heterocycles. The van der Waals surface area contributed by atoms with E-state index in [0.29, 0.717) is 37.9 Å². The number of carbonyl (C=O) groups excluding carboxylic acids is 2. The van der Waals surface area contributed by atoms with Gasteiger partial charge in [0, 0.05) is 24.7 Å². The number of ether oxygens (including phenoxy) is 2. The van der Waals surface area contributed by atoms with Crippen LogP contribution in [0.4, 0.5) is 9.59 Å². The van der Waals surface area contributed by atoms with Crippen LogP contribution in [0.3, 0.4) is 0 Å². The zero-order chi connectivity index (χ0) is 23.3. The van der Waals surface area contributed by atoms with Gasteiger partial charge in [0.05, 0.1) is 31.3 Å². The lowest BCUT2D eigenvalue weighted by Crippen LogP contribution is -2.55. The SMILES string of the molecule is CC(C)(C)OC(=O)N1CCCC1c1cc(Cl)cc2c1CN(C(=O)N1C3CCC1COC3)CC2. The third kappa shape index (κ3) is 4.42. The average Bonchev–Trinajstić information content (AvgIpc) is 3.33. The van der Waals surface area contributed by atoms with Gasteiger partial charge in [0.15, 0.2) is 0 Å². The molecule has 8 heteroatoms. The molecule has 0 radical (unpaired) electrons. The summed E-state index contributed by atoms with van der Waals surface area (Å²) in [5.41, 5.74) is 2.84. The number of fused-ring (bicyclic) bond motifs is 3. The van der Waals surface area contributed by atoms with Gasteiger partial charge < -0.3 is 24.2 Å². The standard InChI is InChI=1S/C25H34ClN3O4/c1-25(2,3)33-24(31)28-9-4-5-22(28)20-12-17(26)11-16-8-10-27(13-21(16)20)23(30)29-18-6-7-19(29)15-32-14-18/h11-12,18-19,22H,4-10,13-15H2,1-3H3. The summed E-state index contributed by atoms with van der Waals surface area (Å²) >= 11 is 6.52. The zero-order valence-electron chi connectivity index (χ0n) is 19.8. The van der Waals surface area contributed by atoms with Gasteiger partial charge in [-0.1, -0.05) is 11.6 Å². The second-order valence-corrected chi connectivity index (χ2v) is 11.2. The first-order chi connectivity index (χ1) is 15.7. The van der Waals surface area contributed by atoms with Gasteiger partial charge in [-0.25, -0.2) is 9.59 Å². The van der Waals surface area contributed by atoms with Crippen LogP contribution >= 0.6 is 11.6 Å². The van der Waals surface area contributed by atoms with E-state index in [2.05, 4.69) is 4.90 Å². The van der Waals surface area contributed by atoms with E-state index in [1.807, 2.05) is 42.7 Å². The molecule has 3 unspecified atom stereocenters. The van der Waals surface area contributed by atoms with Gasteiger partial charge in [-0.15, -0.1) is 0 Å². The second kappa shape index (κ2) is 8.66. The molecule has 5 rings (SSSR count). The number of benzene rings is 1. The normalized spacial score (nSPS) is 27.0. The van der Waals surface area contributed by atoms with Crippen LogP contribution in [-0.4, -0.2) is 70.8 Å². The number of urea groups is 1. The van der Waals surface area contributed by atoms with Gasteiger partial charge in [-0.3, -0.25) is 0 Å². The Morgan fingerprint density at radius 3 is 2.52 bits per heavy atom. The van der Waals surface area contributed by atoms with Gasteiger partial charge in [0.1, 0.15) is 5.60 Å². The van der Waals surface area contributed by atoms with Crippen molar-refractivity contribution in [3.63, 3.8) is 0 Å². The molecule has 0 N–H and O–H groups in total. The maximum atomic E-state index is 13.5. The van der Waals surface area contributed by atoms with E-state index in [0.717, 1.165) is 43.2 Å². The van der Waals surface area contributed by atoms with Crippen LogP contribution in [0.2, 0.25) is 5.02 Å². The highest BCUT2D eigenvalue weighted by Gasteiger charge is 2.43. The summed E-state index contributed by atoms with van der Waals surface area (Å²) in [4.78, 5) is 32.4. The van der Waals surface area contributed by atoms with E-state index >= 15 is 0 Å². The average molecular weight is 476 g/mol. The van der Waals surface area contributed by atoms with Gasteiger partial charge >= 0.3 is 12.1 Å². The highest BCUT2D eigenvalue weighted by molar-refractivity contribution is 6.30. The van der Waals surface area contributed by atoms with Crippen LogP contribution in [0.1, 0.15) is 69.2 Å². The molecule has 3 saturated heterocycles. The second-order valence-electron chi connectivity index (χ2n) is 10.7. The number of amides is 3. The van der Waals surface area contributed by atoms with Crippen molar-refractivity contribution in [2.45, 2.75) is 83.1 Å². The molecule has 0 spiro atoms. The van der Waals surface area contributed by atoms with Crippen molar-refractivity contribution in [1.82, 2.24) is 14.7 Å². The number of hydrogen-bond donors (Lipinski definition) is 0. The Hall–Kier alpha value is -1.99. The molecule has 180 valence electrons. The summed E-state index contributed by atoms with van der Waals surface area (Å²) in [6.45, 7) is 8.85. The molecule has 0 saturated carbocycles. The molecule has 4 aliphatic heterocycles. The van der Waals surface area contributed by atoms with E-state index in [4.69, 9.17) is 21.1 Å². The predicted molar refractivity (Wildman–Crippen MR) is 125 cm³/mol. The van der Waals surface area contributed by atoms with E-state index in [9.17, 15) is 9.59 Å². The molecule has 7 nitrogen and oxygen atoms in total. The van der Waals surface area contributed by atoms with E-state index in [1.54, 1.807) is 0 Å². The molecule has 3 amide bonds. The van der Waals surface area contributed by atoms with Crippen LogP contribution in [0.25, 0.3) is 0 Å². The Labute approximate surface area is 200 Å². The summed E-state index contributed by atoms with van der Waals surface area (Å²) in [6.07, 6.45) is 4.32. The lowest BCUT2D eigenvalue weighted by molar-refractivity contribution is -0.00299. The van der Waals surface area contributed by atoms with Crippen LogP contribution in [-0.2, 0) is 22.4 Å². The molecule has 0 aliphatic carbocycles. The van der Waals surface area contributed by atoms with Gasteiger partial charge in [0.2, 0.25) is 0 Å². The summed E-state index contributed by atoms with van der Waals surface area (Å²) in [7, 11) is 0. The van der Waals surface area contributed by atoms with Crippen molar-refractivity contribution in [2.24, 2.45) is 0 Å². The Balaban J connectivity index is 1.41. The molecule has 1 aromatic rings. The molecular formula is C25H34ClN3O4. The van der Waals surface area contributed by atoms with Crippen molar-refractivity contribution in [3.05, 3.63) is 33.8 Å². The summed E-state index contributed by atoms with van der Waals surface area (Å²) < 4.78 is 11.4. The fraction of sp³-hybridized carbons (Fsp3) is 0.680.